The Kier molecular flexibility index (Phi) is 5.49. The summed E-state index contributed by atoms with van der Waals surface area (Å²) in [5.74, 6) is -0.688. The predicted molar refractivity (Wildman–Crippen MR) is 135 cm³/mol. The van der Waals surface area contributed by atoms with Crippen LogP contribution in [0.25, 0.3) is 33.3 Å². The van der Waals surface area contributed by atoms with Gasteiger partial charge in [-0.1, -0.05) is 35.5 Å². The molecule has 1 unspecified atom stereocenters. The number of pyridine rings is 2. The second-order valence-corrected chi connectivity index (χ2v) is 9.31. The van der Waals surface area contributed by atoms with Crippen LogP contribution in [-0.2, 0) is 11.8 Å². The molecule has 6 rings (SSSR count). The van der Waals surface area contributed by atoms with Gasteiger partial charge in [0.2, 0.25) is 0 Å². The standard InChI is InChI=1S/C27H26N6O3/c1-16-24(32(2)31-30-16)19-13-22-23(28-14-19)21-12-20(27(34)35)15-29-26(21)33(22)25(17-6-4-3-5-7-17)18-8-10-36-11-9-18/h3-7,12-15,18,25H,8-11H2,1-2H3,(H,34,35). The van der Waals surface area contributed by atoms with E-state index in [2.05, 4.69) is 50.2 Å². The number of hydrogen-bond donors (Lipinski definition) is 1. The molecule has 0 bridgehead atoms. The van der Waals surface area contributed by atoms with Gasteiger partial charge in [-0.15, -0.1) is 5.10 Å². The zero-order valence-electron chi connectivity index (χ0n) is 20.1. The van der Waals surface area contributed by atoms with Crippen LogP contribution in [0.1, 0.15) is 40.5 Å². The number of hydrogen-bond acceptors (Lipinski definition) is 6. The van der Waals surface area contributed by atoms with Crippen molar-refractivity contribution >= 4 is 28.0 Å². The van der Waals surface area contributed by atoms with Crippen molar-refractivity contribution in [3.63, 3.8) is 0 Å². The summed E-state index contributed by atoms with van der Waals surface area (Å²) in [7, 11) is 1.87. The van der Waals surface area contributed by atoms with Crippen LogP contribution in [0.2, 0.25) is 0 Å². The number of carboxylic acids is 1. The van der Waals surface area contributed by atoms with Gasteiger partial charge in [-0.3, -0.25) is 4.98 Å². The smallest absolute Gasteiger partial charge is 0.337 e. The first-order chi connectivity index (χ1) is 17.5. The van der Waals surface area contributed by atoms with E-state index in [9.17, 15) is 9.90 Å². The van der Waals surface area contributed by atoms with Crippen molar-refractivity contribution in [3.05, 3.63) is 71.7 Å². The molecule has 9 heteroatoms. The van der Waals surface area contributed by atoms with Gasteiger partial charge in [-0.2, -0.15) is 0 Å². The van der Waals surface area contributed by atoms with Crippen LogP contribution in [-0.4, -0.2) is 53.8 Å². The monoisotopic (exact) mass is 482 g/mol. The Bertz CT molecular complexity index is 1560. The third-order valence-corrected chi connectivity index (χ3v) is 7.12. The van der Waals surface area contributed by atoms with Crippen molar-refractivity contribution in [2.45, 2.75) is 25.8 Å². The molecule has 1 aliphatic heterocycles. The molecule has 1 N–H and O–H groups in total. The SMILES string of the molecule is Cc1nnn(C)c1-c1cnc2c3cc(C(=O)O)cnc3n(C(c3ccccc3)C3CCOCC3)c2c1. The van der Waals surface area contributed by atoms with Gasteiger partial charge >= 0.3 is 5.97 Å². The number of aromatic nitrogens is 6. The number of ether oxygens (including phenoxy) is 1. The molecule has 0 radical (unpaired) electrons. The van der Waals surface area contributed by atoms with Crippen molar-refractivity contribution in [1.29, 1.82) is 0 Å². The van der Waals surface area contributed by atoms with Crippen molar-refractivity contribution in [2.75, 3.05) is 13.2 Å². The highest BCUT2D eigenvalue weighted by atomic mass is 16.5. The predicted octanol–water partition coefficient (Wildman–Crippen LogP) is 4.40. The Morgan fingerprint density at radius 3 is 2.58 bits per heavy atom. The molecule has 5 aromatic rings. The molecule has 182 valence electrons. The minimum absolute atomic E-state index is 0.0129. The fraction of sp³-hybridized carbons (Fsp3) is 0.296. The highest BCUT2D eigenvalue weighted by molar-refractivity contribution is 6.07. The highest BCUT2D eigenvalue weighted by Gasteiger charge is 2.31. The summed E-state index contributed by atoms with van der Waals surface area (Å²) in [6.45, 7) is 3.35. The molecule has 4 aromatic heterocycles. The lowest BCUT2D eigenvalue weighted by molar-refractivity contribution is 0.0552. The van der Waals surface area contributed by atoms with Crippen LogP contribution in [0.3, 0.4) is 0 Å². The Morgan fingerprint density at radius 2 is 1.89 bits per heavy atom. The van der Waals surface area contributed by atoms with Crippen molar-refractivity contribution in [1.82, 2.24) is 29.5 Å². The molecule has 1 aromatic carbocycles. The molecular formula is C27H26N6O3. The normalized spacial score (nSPS) is 15.5. The number of nitrogens with zero attached hydrogens (tertiary/aromatic N) is 6. The van der Waals surface area contributed by atoms with Gasteiger partial charge in [0.1, 0.15) is 5.65 Å². The van der Waals surface area contributed by atoms with E-state index in [0.29, 0.717) is 19.1 Å². The number of benzene rings is 1. The van der Waals surface area contributed by atoms with Crippen molar-refractivity contribution < 1.29 is 14.6 Å². The minimum Gasteiger partial charge on any atom is -0.478 e. The van der Waals surface area contributed by atoms with Gasteiger partial charge in [-0.25, -0.2) is 14.5 Å². The molecule has 36 heavy (non-hydrogen) atoms. The first kappa shape index (κ1) is 22.4. The zero-order chi connectivity index (χ0) is 24.8. The molecule has 0 amide bonds. The topological polar surface area (TPSA) is 108 Å². The minimum atomic E-state index is -1.01. The lowest BCUT2D eigenvalue weighted by Crippen LogP contribution is -2.27. The summed E-state index contributed by atoms with van der Waals surface area (Å²) < 4.78 is 9.69. The van der Waals surface area contributed by atoms with Crippen LogP contribution < -0.4 is 0 Å². The Balaban J connectivity index is 1.68. The molecule has 0 spiro atoms. The molecule has 1 fully saturated rings. The molecule has 5 heterocycles. The second kappa shape index (κ2) is 8.83. The maximum atomic E-state index is 11.8. The van der Waals surface area contributed by atoms with E-state index in [1.165, 1.54) is 11.8 Å². The molecule has 1 saturated heterocycles. The number of carbonyl (C=O) groups is 1. The summed E-state index contributed by atoms with van der Waals surface area (Å²) in [5.41, 5.74) is 6.27. The average Bonchev–Trinajstić information content (AvgIpc) is 3.41. The van der Waals surface area contributed by atoms with Crippen LogP contribution in [0.15, 0.2) is 54.9 Å². The second-order valence-electron chi connectivity index (χ2n) is 9.31. The summed E-state index contributed by atoms with van der Waals surface area (Å²) in [6.07, 6.45) is 5.08. The van der Waals surface area contributed by atoms with Crippen molar-refractivity contribution in [2.24, 2.45) is 13.0 Å². The van der Waals surface area contributed by atoms with Crippen LogP contribution >= 0.6 is 0 Å². The van der Waals surface area contributed by atoms with E-state index in [1.807, 2.05) is 20.0 Å². The van der Waals surface area contributed by atoms with Crippen molar-refractivity contribution in [3.8, 4) is 11.3 Å². The largest absolute Gasteiger partial charge is 0.478 e. The average molecular weight is 483 g/mol. The van der Waals surface area contributed by atoms with Gasteiger partial charge in [0.05, 0.1) is 34.0 Å². The highest BCUT2D eigenvalue weighted by Crippen LogP contribution is 2.40. The quantitative estimate of drug-likeness (QED) is 0.395. The van der Waals surface area contributed by atoms with E-state index < -0.39 is 5.97 Å². The molecule has 9 nitrogen and oxygen atoms in total. The van der Waals surface area contributed by atoms with Crippen LogP contribution in [0.5, 0.6) is 0 Å². The molecule has 1 aliphatic rings. The fourth-order valence-electron chi connectivity index (χ4n) is 5.48. The summed E-state index contributed by atoms with van der Waals surface area (Å²) in [5, 5.41) is 18.8. The fourth-order valence-corrected chi connectivity index (χ4v) is 5.48. The van der Waals surface area contributed by atoms with E-state index in [1.54, 1.807) is 16.9 Å². The molecular weight excluding hydrogens is 456 g/mol. The Morgan fingerprint density at radius 1 is 1.11 bits per heavy atom. The van der Waals surface area contributed by atoms with Gasteiger partial charge in [0.15, 0.2) is 0 Å². The number of rotatable bonds is 5. The number of aromatic carboxylic acids is 1. The summed E-state index contributed by atoms with van der Waals surface area (Å²) in [6, 6.07) is 14.2. The van der Waals surface area contributed by atoms with Gasteiger partial charge < -0.3 is 14.4 Å². The van der Waals surface area contributed by atoms with Gasteiger partial charge in [0, 0.05) is 43.6 Å². The number of fused-ring (bicyclic) bond motifs is 3. The Labute approximate surface area is 207 Å². The number of carboxylic acid groups (broad SMARTS) is 1. The third-order valence-electron chi connectivity index (χ3n) is 7.12. The molecule has 1 atom stereocenters. The number of aryl methyl sites for hydroxylation is 2. The van der Waals surface area contributed by atoms with E-state index in [-0.39, 0.29) is 11.6 Å². The molecule has 0 saturated carbocycles. The first-order valence-corrected chi connectivity index (χ1v) is 12.0. The summed E-state index contributed by atoms with van der Waals surface area (Å²) in [4.78, 5) is 21.3. The van der Waals surface area contributed by atoms with Gasteiger partial charge in [0.25, 0.3) is 0 Å². The maximum absolute atomic E-state index is 11.8. The van der Waals surface area contributed by atoms with E-state index in [0.717, 1.165) is 51.9 Å². The van der Waals surface area contributed by atoms with E-state index in [4.69, 9.17) is 9.72 Å². The maximum Gasteiger partial charge on any atom is 0.337 e. The third kappa shape index (κ3) is 3.63. The Hall–Kier alpha value is -4.11. The summed E-state index contributed by atoms with van der Waals surface area (Å²) >= 11 is 0. The molecule has 0 aliphatic carbocycles. The first-order valence-electron chi connectivity index (χ1n) is 12.0. The van der Waals surface area contributed by atoms with E-state index >= 15 is 0 Å². The lowest BCUT2D eigenvalue weighted by atomic mass is 9.86. The van der Waals surface area contributed by atoms with Gasteiger partial charge in [-0.05, 0) is 43.4 Å². The zero-order valence-corrected chi connectivity index (χ0v) is 20.1. The van der Waals surface area contributed by atoms with Crippen LogP contribution in [0, 0.1) is 12.8 Å². The lowest BCUT2D eigenvalue weighted by Gasteiger charge is -2.32. The van der Waals surface area contributed by atoms with Crippen LogP contribution in [0.4, 0.5) is 0 Å².